The molecule has 22 atom stereocenters. The third kappa shape index (κ3) is 19.2. The van der Waals surface area contributed by atoms with Crippen LogP contribution in [0.3, 0.4) is 0 Å². The van der Waals surface area contributed by atoms with Crippen molar-refractivity contribution in [3.8, 4) is 80.1 Å². The van der Waals surface area contributed by atoms with E-state index in [1.807, 2.05) is 6.92 Å². The maximum atomic E-state index is 17.0. The van der Waals surface area contributed by atoms with Crippen molar-refractivity contribution < 1.29 is 152 Å². The van der Waals surface area contributed by atoms with Crippen molar-refractivity contribution >= 4 is 70.2 Å². The number of hydrogen-bond acceptors (Lipinski definition) is 32. The number of carbonyl (C=O) groups is 8. The first kappa shape index (κ1) is 90.1. The number of benzene rings is 7. The van der Waals surface area contributed by atoms with Crippen LogP contribution >= 0.6 is 23.2 Å². The van der Waals surface area contributed by atoms with Gasteiger partial charge in [0.15, 0.2) is 40.9 Å². The van der Waals surface area contributed by atoms with Gasteiger partial charge in [-0.2, -0.15) is 0 Å². The number of phenolic OH excluding ortho intramolecular Hbond substituents is 4. The van der Waals surface area contributed by atoms with Gasteiger partial charge < -0.3 is 152 Å². The molecule has 3 saturated heterocycles. The van der Waals surface area contributed by atoms with E-state index in [0.29, 0.717) is 19.3 Å². The van der Waals surface area contributed by atoms with Crippen molar-refractivity contribution in [1.29, 1.82) is 0 Å². The van der Waals surface area contributed by atoms with Crippen LogP contribution in [0.5, 0.6) is 69.0 Å². The summed E-state index contributed by atoms with van der Waals surface area (Å²) in [6.45, 7) is -0.765. The topological polar surface area (TPSA) is 601 Å². The number of carbonyl (C=O) groups excluding carboxylic acids is 8. The molecular formula is C85H91Cl2N7O31. The Morgan fingerprint density at radius 1 is 0.520 bits per heavy atom. The number of unbranched alkanes of at least 4 members (excludes halogenated alkanes) is 2. The normalized spacial score (nSPS) is 29.4. The molecule has 9 aliphatic heterocycles. The first-order valence-electron chi connectivity index (χ1n) is 40.0. The van der Waals surface area contributed by atoms with E-state index < -0.39 is 289 Å². The van der Waals surface area contributed by atoms with Crippen molar-refractivity contribution in [2.24, 2.45) is 5.73 Å². The van der Waals surface area contributed by atoms with Crippen LogP contribution in [-0.2, 0) is 70.3 Å². The number of phenols is 4. The maximum Gasteiger partial charge on any atom is 0.245 e. The lowest BCUT2D eigenvalue weighted by Gasteiger charge is -2.44. The molecule has 0 spiro atoms. The number of hydrogen-bond donors (Lipinski definition) is 21. The van der Waals surface area contributed by atoms with E-state index in [9.17, 15) is 85.9 Å². The molecule has 6 amide bonds. The van der Waals surface area contributed by atoms with Gasteiger partial charge in [0.25, 0.3) is 0 Å². The van der Waals surface area contributed by atoms with Gasteiger partial charge in [-0.1, -0.05) is 67.2 Å². The molecule has 7 aromatic carbocycles. The van der Waals surface area contributed by atoms with E-state index in [0.717, 1.165) is 61.5 Å². The molecule has 22 N–H and O–H groups in total. The largest absolute Gasteiger partial charge is 0.508 e. The second-order valence-corrected chi connectivity index (χ2v) is 32.2. The van der Waals surface area contributed by atoms with Crippen LogP contribution in [0.1, 0.15) is 121 Å². The average Bonchev–Trinajstić information content (AvgIpc) is 0.765. The van der Waals surface area contributed by atoms with Crippen LogP contribution < -0.4 is 61.3 Å². The Morgan fingerprint density at radius 2 is 1.11 bits per heavy atom. The molecule has 17 bridgehead atoms. The van der Waals surface area contributed by atoms with E-state index in [4.69, 9.17) is 71.6 Å². The molecule has 3 fully saturated rings. The third-order valence-electron chi connectivity index (χ3n) is 22.7. The summed E-state index contributed by atoms with van der Waals surface area (Å²) in [6.07, 6.45) is -28.2. The molecule has 9 heterocycles. The average molecular weight is 1780 g/mol. The zero-order valence-electron chi connectivity index (χ0n) is 66.5. The molecule has 7 aromatic rings. The van der Waals surface area contributed by atoms with Gasteiger partial charge >= 0.3 is 0 Å². The molecule has 38 nitrogen and oxygen atoms in total. The van der Waals surface area contributed by atoms with Crippen LogP contribution in [0.15, 0.2) is 115 Å². The highest BCUT2D eigenvalue weighted by molar-refractivity contribution is 6.32. The minimum absolute atomic E-state index is 0.0718. The van der Waals surface area contributed by atoms with Gasteiger partial charge in [0.2, 0.25) is 53.8 Å². The van der Waals surface area contributed by atoms with E-state index in [-0.39, 0.29) is 73.2 Å². The number of aliphatic hydroxyl groups is 10. The summed E-state index contributed by atoms with van der Waals surface area (Å²) >= 11 is 14.7. The number of amides is 6. The van der Waals surface area contributed by atoms with E-state index >= 15 is 24.0 Å². The van der Waals surface area contributed by atoms with E-state index in [1.165, 1.54) is 60.7 Å². The summed E-state index contributed by atoms with van der Waals surface area (Å²) in [5.74, 6) is -18.4. The first-order valence-corrected chi connectivity index (χ1v) is 40.7. The fraction of sp³-hybridized carbons (Fsp3) is 0.412. The molecular weight excluding hydrogens is 1690 g/mol. The number of aromatic hydroxyl groups is 4. The minimum atomic E-state index is -2.29. The summed E-state index contributed by atoms with van der Waals surface area (Å²) < 4.78 is 57.7. The van der Waals surface area contributed by atoms with Crippen LogP contribution in [0.2, 0.25) is 10.0 Å². The van der Waals surface area contributed by atoms with E-state index in [2.05, 4.69) is 31.9 Å². The van der Waals surface area contributed by atoms with Gasteiger partial charge in [0, 0.05) is 56.0 Å². The highest BCUT2D eigenvalue weighted by atomic mass is 35.5. The number of fused-ring (bicyclic) bond motifs is 14. The molecule has 0 saturated carbocycles. The SMILES string of the molecule is CCCCCC(=O)NC1[C@H](Oc2c3cc4cc2Oc2ccc(cc2Cl)[C@@H](O[C@@H]2OC(CO)[C@@H](O)[C@H](O)C2NC(C)=O)[C@@H]2NC(=O)[C@H](CC(=O)[C@@H]4NC(=O)[C@H]4CC(=O)[C@@H](Cc5ccc(c(Cl)c5)O3)NC(=O)[C@H](N)c3ccc(O)c(c3)Oc3cc(O)cc4c3)c3ccc(O)c(c3)-c3c(cc(O)cc3O[C@H]3OC(CO)[C@@H](O)C(O)[C@H]3O)CNC2=O)OC(CO)[C@@H](O)[C@@H]1O. The van der Waals surface area contributed by atoms with Gasteiger partial charge in [-0.25, -0.2) is 0 Å². The highest BCUT2D eigenvalue weighted by Crippen LogP contribution is 2.51. The number of Topliss-reactive ketones (excluding diaryl/α,β-unsaturated/α-hetero) is 2. The number of ether oxygens (including phenoxy) is 9. The monoisotopic (exact) mass is 1780 g/mol. The minimum Gasteiger partial charge on any atom is -0.508 e. The smallest absolute Gasteiger partial charge is 0.245 e. The second kappa shape index (κ2) is 38.0. The van der Waals surface area contributed by atoms with Crippen LogP contribution in [0.25, 0.3) is 11.1 Å². The Bertz CT molecular complexity index is 5300. The predicted octanol–water partition coefficient (Wildman–Crippen LogP) is 1.75. The Balaban J connectivity index is 1.03. The Morgan fingerprint density at radius 3 is 1.78 bits per heavy atom. The summed E-state index contributed by atoms with van der Waals surface area (Å²) in [5, 5.41) is 174. The molecule has 0 aromatic heterocycles. The van der Waals surface area contributed by atoms with Gasteiger partial charge in [0.05, 0.1) is 47.7 Å². The molecule has 0 radical (unpaired) electrons. The highest BCUT2D eigenvalue weighted by Gasteiger charge is 2.52. The van der Waals surface area contributed by atoms with Crippen LogP contribution in [0.4, 0.5) is 0 Å². The van der Waals surface area contributed by atoms with Crippen molar-refractivity contribution in [3.63, 3.8) is 0 Å². The van der Waals surface area contributed by atoms with Crippen molar-refractivity contribution in [3.05, 3.63) is 164 Å². The zero-order valence-corrected chi connectivity index (χ0v) is 68.0. The molecule has 40 heteroatoms. The molecule has 9 aliphatic rings. The fourth-order valence-electron chi connectivity index (χ4n) is 16.1. The van der Waals surface area contributed by atoms with Gasteiger partial charge in [-0.15, -0.1) is 0 Å². The number of rotatable bonds is 15. The summed E-state index contributed by atoms with van der Waals surface area (Å²) in [7, 11) is 0. The first-order chi connectivity index (χ1) is 59.7. The number of nitrogens with two attached hydrogens (primary N) is 1. The lowest BCUT2D eigenvalue weighted by Crippen LogP contribution is -2.65. The number of ketones is 2. The maximum absolute atomic E-state index is 17.0. The zero-order chi connectivity index (χ0) is 89.4. The lowest BCUT2D eigenvalue weighted by atomic mass is 9.85. The van der Waals surface area contributed by atoms with Crippen LogP contribution in [-0.4, -0.2) is 242 Å². The number of aliphatic hydroxyl groups excluding tert-OH is 10. The van der Waals surface area contributed by atoms with Gasteiger partial charge in [-0.05, 0) is 131 Å². The summed E-state index contributed by atoms with van der Waals surface area (Å²) in [5.41, 5.74) is 4.97. The molecule has 0 aliphatic carbocycles. The lowest BCUT2D eigenvalue weighted by molar-refractivity contribution is -0.284. The Hall–Kier alpha value is -11.1. The molecule has 666 valence electrons. The summed E-state index contributed by atoms with van der Waals surface area (Å²) in [4.78, 5) is 123. The summed E-state index contributed by atoms with van der Waals surface area (Å²) in [6, 6.07) is 11.1. The second-order valence-electron chi connectivity index (χ2n) is 31.4. The molecule has 125 heavy (non-hydrogen) atoms. The molecule has 16 rings (SSSR count). The molecule has 6 unspecified atom stereocenters. The van der Waals surface area contributed by atoms with Crippen molar-refractivity contribution in [1.82, 2.24) is 31.9 Å². The Kier molecular flexibility index (Phi) is 27.4. The van der Waals surface area contributed by atoms with E-state index in [1.54, 1.807) is 0 Å². The third-order valence-corrected chi connectivity index (χ3v) is 23.3. The quantitative estimate of drug-likeness (QED) is 0.0650. The standard InChI is InChI=1S/C85H91Cl2N7O31/c1-3-4-5-6-63(105)92-68-74(110)71(107)61(31-96)122-84(68)125-78-58-23-39-24-59(78)119-55-14-10-37(21-48(55)87)77(124-83-67(90-33(2)98)73(109)70(106)60(30-95)121-83)69-82(116)89-29-40-18-42(100)26-57(120-85-76(112)75(111)72(108)62(32-97)123-85)64(40)46-20-35(8-11-50(46)101)44(79(113)94-69)28-53(104)66(39)93-80(114)45-27-52(103)49(16-34-7-13-54(118-58)47(86)15-34)91-81(115)65(88)36-9-12-51(102)56(22-36)117-43-19-38(45)17-41(99)25-43/h7-15,17-26,44-45,49,60-62,65-77,83-85,95-97,99-102,106-112H,3-6,16,27-32,88H2,1-2H3,(H,89,116)(H,90,98)(H,91,115)(H,92,105)(H,93,114)(H,94,113)/t44-,45+,49-,60?,61?,62?,65-,66-,67?,68?,69+,70-,71-,72-,73-,74-,75?,76-,77-,83+,84+,85+/m1/s1. The predicted molar refractivity (Wildman–Crippen MR) is 431 cm³/mol. The fourth-order valence-corrected chi connectivity index (χ4v) is 16.5. The van der Waals surface area contributed by atoms with Crippen LogP contribution in [0, 0.1) is 0 Å². The number of halogens is 2. The van der Waals surface area contributed by atoms with Crippen molar-refractivity contribution in [2.75, 3.05) is 19.8 Å². The number of nitrogens with one attached hydrogen (secondary N) is 6. The van der Waals surface area contributed by atoms with Gasteiger partial charge in [0.1, 0.15) is 138 Å². The van der Waals surface area contributed by atoms with Crippen molar-refractivity contribution in [2.45, 2.75) is 199 Å². The van der Waals surface area contributed by atoms with Gasteiger partial charge in [-0.3, -0.25) is 38.4 Å². The Labute approximate surface area is 720 Å².